The van der Waals surface area contributed by atoms with Gasteiger partial charge < -0.3 is 33.0 Å². The molecule has 6 N–H and O–H groups in total. The number of nitrogens with one attached hydrogen (secondary N) is 1. The highest BCUT2D eigenvalue weighted by molar-refractivity contribution is 5.81. The first-order valence-electron chi connectivity index (χ1n) is 4.94. The molecule has 0 radical (unpaired) electrons. The van der Waals surface area contributed by atoms with Gasteiger partial charge in [0.25, 0.3) is 0 Å². The molecule has 112 valence electrons. The van der Waals surface area contributed by atoms with E-state index in [-0.39, 0.29) is 19.0 Å². The van der Waals surface area contributed by atoms with Crippen LogP contribution in [0.3, 0.4) is 0 Å². The first-order chi connectivity index (χ1) is 8.14. The summed E-state index contributed by atoms with van der Waals surface area (Å²) in [4.78, 5) is 21.3. The molecule has 0 aromatic carbocycles. The van der Waals surface area contributed by atoms with Crippen LogP contribution in [0.15, 0.2) is 0 Å². The number of rotatable bonds is 2. The highest BCUT2D eigenvalue weighted by Gasteiger charge is 2.48. The van der Waals surface area contributed by atoms with Crippen LogP contribution in [0.25, 0.3) is 0 Å². The topological polar surface area (TPSA) is 123 Å². The van der Waals surface area contributed by atoms with Gasteiger partial charge >= 0.3 is 18.1 Å². The number of nitrogens with two attached hydrogens (primary N) is 1. The number of quaternary nitrogens is 1. The Hall–Kier alpha value is -1.10. The molecule has 1 saturated heterocycles. The Morgan fingerprint density at radius 3 is 2.16 bits per heavy atom. The number of aliphatic carboxylic acids is 1. The first kappa shape index (κ1) is 17.9. The quantitative estimate of drug-likeness (QED) is 0.347. The monoisotopic (exact) mass is 308 g/mol. The number of carboxylic acids is 1. The average Bonchev–Trinajstić information content (AvgIpc) is 2.22. The number of alkyl halides is 3. The Balaban J connectivity index is 0.00000324. The van der Waals surface area contributed by atoms with Crippen molar-refractivity contribution >= 4 is 11.9 Å². The molecule has 1 fully saturated rings. The van der Waals surface area contributed by atoms with Crippen LogP contribution >= 0.6 is 0 Å². The number of aliphatic hydroxyl groups is 2. The van der Waals surface area contributed by atoms with E-state index in [2.05, 4.69) is 0 Å². The van der Waals surface area contributed by atoms with Crippen LogP contribution < -0.4 is 23.0 Å². The maximum atomic E-state index is 12.0. The lowest BCUT2D eigenvalue weighted by molar-refractivity contribution is -0.716. The minimum atomic E-state index is -5.11. The van der Waals surface area contributed by atoms with E-state index in [0.29, 0.717) is 0 Å². The summed E-state index contributed by atoms with van der Waals surface area (Å²) in [5, 5.41) is 30.0. The summed E-state index contributed by atoms with van der Waals surface area (Å²) < 4.78 is 35.9. The van der Waals surface area contributed by atoms with Gasteiger partial charge in [0.15, 0.2) is 12.3 Å². The predicted octanol–water partition coefficient (Wildman–Crippen LogP) is -6.01. The van der Waals surface area contributed by atoms with Crippen molar-refractivity contribution in [1.82, 2.24) is 5.32 Å². The number of carboxylic acid groups (broad SMARTS) is 1. The fourth-order valence-electron chi connectivity index (χ4n) is 1.65. The van der Waals surface area contributed by atoms with E-state index in [4.69, 9.17) is 5.11 Å². The van der Waals surface area contributed by atoms with Gasteiger partial charge in [0.1, 0.15) is 12.0 Å². The summed E-state index contributed by atoms with van der Waals surface area (Å²) in [6, 6.07) is 0. The molecule has 1 heterocycles. The van der Waals surface area contributed by atoms with Crippen LogP contribution in [-0.2, 0) is 9.59 Å². The molecule has 4 atom stereocenters. The summed E-state index contributed by atoms with van der Waals surface area (Å²) >= 11 is 0. The molecule has 0 unspecified atom stereocenters. The van der Waals surface area contributed by atoms with Crippen LogP contribution in [0.1, 0.15) is 0 Å². The highest BCUT2D eigenvalue weighted by Crippen LogP contribution is 2.16. The fraction of sp³-hybridized carbons (Fsp3) is 0.750. The molecule has 0 saturated carbocycles. The zero-order chi connectivity index (χ0) is 14.1. The van der Waals surface area contributed by atoms with Crippen molar-refractivity contribution in [2.45, 2.75) is 24.6 Å². The van der Waals surface area contributed by atoms with Gasteiger partial charge in [-0.2, -0.15) is 13.2 Å². The van der Waals surface area contributed by atoms with Gasteiger partial charge in [0.05, 0.1) is 6.54 Å². The lowest BCUT2D eigenvalue weighted by atomic mass is 9.92. The lowest BCUT2D eigenvalue weighted by Gasteiger charge is -2.33. The Kier molecular flexibility index (Phi) is 6.00. The van der Waals surface area contributed by atoms with Gasteiger partial charge in [-0.3, -0.25) is 14.9 Å². The number of carbonyl (C=O) groups is 2. The minimum absolute atomic E-state index is 0. The van der Waals surface area contributed by atoms with Crippen molar-refractivity contribution in [3.63, 3.8) is 0 Å². The molecular weight excluding hydrogens is 297 g/mol. The van der Waals surface area contributed by atoms with E-state index in [1.165, 1.54) is 5.32 Å². The van der Waals surface area contributed by atoms with E-state index < -0.39 is 42.3 Å². The summed E-state index contributed by atoms with van der Waals surface area (Å²) in [7, 11) is 0. The smallest absolute Gasteiger partial charge is 0.471 e. The van der Waals surface area contributed by atoms with Crippen molar-refractivity contribution in [3.05, 3.63) is 0 Å². The third kappa shape index (κ3) is 4.20. The summed E-state index contributed by atoms with van der Waals surface area (Å²) in [6.45, 7) is -0.254. The van der Waals surface area contributed by atoms with Crippen LogP contribution in [0.2, 0.25) is 0 Å². The van der Waals surface area contributed by atoms with Gasteiger partial charge in [0.2, 0.25) is 0 Å². The molecule has 19 heavy (non-hydrogen) atoms. The van der Waals surface area contributed by atoms with E-state index in [9.17, 15) is 33.0 Å². The fourth-order valence-corrected chi connectivity index (χ4v) is 1.65. The minimum Gasteiger partial charge on any atom is -1.00 e. The maximum Gasteiger partial charge on any atom is 0.471 e. The molecule has 1 amide bonds. The van der Waals surface area contributed by atoms with Crippen molar-refractivity contribution < 1.29 is 55.8 Å². The average molecular weight is 309 g/mol. The van der Waals surface area contributed by atoms with E-state index in [1.807, 2.05) is 0 Å². The van der Waals surface area contributed by atoms with E-state index >= 15 is 0 Å². The standard InChI is InChI=1S/C8H11F3N2O5.ClH/c9-8(10,11)7(18)13-5-4(15)3(14)2(1-12-5)6(16)17;/h2-5,12,14-15H,1H2,(H,13,18)(H,16,17);1H/t2-,3-,4+,5+;/m1./s1. The van der Waals surface area contributed by atoms with Gasteiger partial charge in [-0.25, -0.2) is 0 Å². The number of aliphatic hydroxyl groups excluding tert-OH is 2. The zero-order valence-corrected chi connectivity index (χ0v) is 10.0. The molecular formula is C8H12ClF3N2O5. The molecule has 0 aliphatic carbocycles. The van der Waals surface area contributed by atoms with Gasteiger partial charge in [-0.05, 0) is 0 Å². The summed E-state index contributed by atoms with van der Waals surface area (Å²) in [5.74, 6) is -4.94. The Bertz CT molecular complexity index is 354. The van der Waals surface area contributed by atoms with Gasteiger partial charge in [0, 0.05) is 0 Å². The van der Waals surface area contributed by atoms with Crippen molar-refractivity contribution in [1.29, 1.82) is 0 Å². The Morgan fingerprint density at radius 2 is 1.74 bits per heavy atom. The molecule has 1 aliphatic heterocycles. The normalized spacial score (nSPS) is 31.2. The lowest BCUT2D eigenvalue weighted by Crippen LogP contribution is -3.01. The van der Waals surface area contributed by atoms with Crippen LogP contribution in [-0.4, -0.2) is 58.3 Å². The number of hydrogen-bond acceptors (Lipinski definition) is 4. The maximum absolute atomic E-state index is 12.0. The first-order valence-corrected chi connectivity index (χ1v) is 4.94. The number of carbonyl (C=O) groups excluding carboxylic acids is 1. The zero-order valence-electron chi connectivity index (χ0n) is 9.26. The second-order valence-electron chi connectivity index (χ2n) is 3.89. The highest BCUT2D eigenvalue weighted by atomic mass is 35.5. The largest absolute Gasteiger partial charge is 1.00 e. The van der Waals surface area contributed by atoms with Crippen molar-refractivity contribution in [2.75, 3.05) is 6.54 Å². The molecule has 0 aromatic rings. The molecule has 1 rings (SSSR count). The van der Waals surface area contributed by atoms with Crippen molar-refractivity contribution in [2.24, 2.45) is 5.92 Å². The van der Waals surface area contributed by atoms with Crippen LogP contribution in [0.4, 0.5) is 13.2 Å². The third-order valence-electron chi connectivity index (χ3n) is 2.65. The molecule has 1 aliphatic rings. The number of hydrogen-bond donors (Lipinski definition) is 5. The van der Waals surface area contributed by atoms with E-state index in [0.717, 1.165) is 5.32 Å². The summed E-state index contributed by atoms with van der Waals surface area (Å²) in [6.07, 6.45) is -10.1. The van der Waals surface area contributed by atoms with Crippen LogP contribution in [0.5, 0.6) is 0 Å². The Morgan fingerprint density at radius 1 is 1.21 bits per heavy atom. The number of piperidine rings is 1. The number of amides is 1. The van der Waals surface area contributed by atoms with Crippen LogP contribution in [0, 0.1) is 5.92 Å². The second kappa shape index (κ2) is 6.37. The SMILES string of the molecule is O=C(O)[C@@H]1C[NH2+][C@@H](NC(=O)C(F)(F)F)[C@@H](O)[C@@H]1O.[Cl-]. The molecule has 0 aromatic heterocycles. The number of halogens is 4. The van der Waals surface area contributed by atoms with E-state index in [1.54, 1.807) is 0 Å². The van der Waals surface area contributed by atoms with Crippen molar-refractivity contribution in [3.8, 4) is 0 Å². The third-order valence-corrected chi connectivity index (χ3v) is 2.65. The molecule has 7 nitrogen and oxygen atoms in total. The van der Waals surface area contributed by atoms with Gasteiger partial charge in [-0.15, -0.1) is 0 Å². The van der Waals surface area contributed by atoms with Gasteiger partial charge in [-0.1, -0.05) is 0 Å². The molecule has 0 bridgehead atoms. The summed E-state index contributed by atoms with van der Waals surface area (Å²) in [5.41, 5.74) is 0. The predicted molar refractivity (Wildman–Crippen MR) is 47.9 cm³/mol. The second-order valence-corrected chi connectivity index (χ2v) is 3.89. The molecule has 0 spiro atoms. The molecule has 11 heteroatoms. The Labute approximate surface area is 111 Å².